The first-order valence-electron chi connectivity index (χ1n) is 7.28. The van der Waals surface area contributed by atoms with Gasteiger partial charge in [0.1, 0.15) is 11.6 Å². The van der Waals surface area contributed by atoms with Crippen LogP contribution >= 0.6 is 12.4 Å². The molecule has 2 N–H and O–H groups in total. The molecule has 1 aromatic rings. The van der Waals surface area contributed by atoms with Gasteiger partial charge >= 0.3 is 6.18 Å². The fourth-order valence-electron chi connectivity index (χ4n) is 2.84. The first-order valence-corrected chi connectivity index (χ1v) is 7.28. The highest BCUT2D eigenvalue weighted by Crippen LogP contribution is 2.37. The first kappa shape index (κ1) is 20.0. The van der Waals surface area contributed by atoms with Crippen LogP contribution in [0.5, 0.6) is 5.75 Å². The van der Waals surface area contributed by atoms with Crippen LogP contribution in [-0.4, -0.2) is 42.4 Å². The summed E-state index contributed by atoms with van der Waals surface area (Å²) >= 11 is 0. The molecule has 3 nitrogen and oxygen atoms in total. The van der Waals surface area contributed by atoms with Crippen molar-refractivity contribution < 1.29 is 22.7 Å². The molecule has 0 saturated carbocycles. The van der Waals surface area contributed by atoms with Crippen molar-refractivity contribution in [2.45, 2.75) is 32.0 Å². The molecule has 0 aliphatic carbocycles. The summed E-state index contributed by atoms with van der Waals surface area (Å²) in [6.45, 7) is 4.00. The SMILES string of the molecule is Cc1cc(F)cc([C@H](CCC(F)(F)F)N2CCNCC2)c1O.Cl. The number of nitrogens with one attached hydrogen (secondary N) is 1. The molecule has 0 aromatic heterocycles. The van der Waals surface area contributed by atoms with E-state index in [-0.39, 0.29) is 30.1 Å². The lowest BCUT2D eigenvalue weighted by Crippen LogP contribution is -2.45. The molecule has 1 aromatic carbocycles. The minimum Gasteiger partial charge on any atom is -0.507 e. The molecule has 1 saturated heterocycles. The van der Waals surface area contributed by atoms with Crippen molar-refractivity contribution in [3.05, 3.63) is 29.1 Å². The Morgan fingerprint density at radius 3 is 2.43 bits per heavy atom. The fraction of sp³-hybridized carbons (Fsp3) is 0.600. The lowest BCUT2D eigenvalue weighted by molar-refractivity contribution is -0.138. The van der Waals surface area contributed by atoms with E-state index in [1.54, 1.807) is 6.92 Å². The lowest BCUT2D eigenvalue weighted by atomic mass is 9.96. The van der Waals surface area contributed by atoms with Crippen LogP contribution in [0, 0.1) is 12.7 Å². The minimum absolute atomic E-state index is 0. The Labute approximate surface area is 139 Å². The van der Waals surface area contributed by atoms with Crippen molar-refractivity contribution in [1.29, 1.82) is 0 Å². The average Bonchev–Trinajstić information content (AvgIpc) is 2.44. The fourth-order valence-corrected chi connectivity index (χ4v) is 2.84. The summed E-state index contributed by atoms with van der Waals surface area (Å²) in [6.07, 6.45) is -5.43. The molecule has 23 heavy (non-hydrogen) atoms. The summed E-state index contributed by atoms with van der Waals surface area (Å²) in [5.41, 5.74) is 0.575. The van der Waals surface area contributed by atoms with Gasteiger partial charge in [0.25, 0.3) is 0 Å². The Morgan fingerprint density at radius 2 is 1.87 bits per heavy atom. The highest BCUT2D eigenvalue weighted by molar-refractivity contribution is 5.85. The molecule has 0 amide bonds. The van der Waals surface area contributed by atoms with E-state index < -0.39 is 24.5 Å². The van der Waals surface area contributed by atoms with Crippen molar-refractivity contribution in [2.24, 2.45) is 0 Å². The maximum Gasteiger partial charge on any atom is 0.389 e. The molecule has 2 rings (SSSR count). The molecular formula is C15H21ClF4N2O. The normalized spacial score (nSPS) is 17.6. The first-order chi connectivity index (χ1) is 10.3. The van der Waals surface area contributed by atoms with Crippen LogP contribution in [0.15, 0.2) is 12.1 Å². The van der Waals surface area contributed by atoms with Gasteiger partial charge in [0, 0.05) is 44.2 Å². The van der Waals surface area contributed by atoms with Gasteiger partial charge in [-0.1, -0.05) is 0 Å². The maximum absolute atomic E-state index is 13.6. The van der Waals surface area contributed by atoms with Gasteiger partial charge in [-0.15, -0.1) is 12.4 Å². The number of aromatic hydroxyl groups is 1. The van der Waals surface area contributed by atoms with Crippen molar-refractivity contribution in [3.8, 4) is 5.75 Å². The topological polar surface area (TPSA) is 35.5 Å². The molecule has 132 valence electrons. The van der Waals surface area contributed by atoms with Crippen LogP contribution in [0.1, 0.15) is 30.0 Å². The van der Waals surface area contributed by atoms with Crippen LogP contribution in [-0.2, 0) is 0 Å². The third-order valence-electron chi connectivity index (χ3n) is 3.95. The van der Waals surface area contributed by atoms with Crippen molar-refractivity contribution in [1.82, 2.24) is 10.2 Å². The number of hydrogen-bond donors (Lipinski definition) is 2. The van der Waals surface area contributed by atoms with Crippen molar-refractivity contribution in [3.63, 3.8) is 0 Å². The number of benzene rings is 1. The van der Waals surface area contributed by atoms with Gasteiger partial charge < -0.3 is 10.4 Å². The summed E-state index contributed by atoms with van der Waals surface area (Å²) in [6, 6.07) is 1.68. The smallest absolute Gasteiger partial charge is 0.389 e. The van der Waals surface area contributed by atoms with E-state index in [0.29, 0.717) is 31.7 Å². The zero-order chi connectivity index (χ0) is 16.3. The summed E-state index contributed by atoms with van der Waals surface area (Å²) in [5.74, 6) is -0.662. The molecule has 1 heterocycles. The van der Waals surface area contributed by atoms with Crippen LogP contribution in [0.2, 0.25) is 0 Å². The molecular weight excluding hydrogens is 336 g/mol. The molecule has 0 bridgehead atoms. The molecule has 0 unspecified atom stereocenters. The monoisotopic (exact) mass is 356 g/mol. The number of alkyl halides is 3. The second-order valence-electron chi connectivity index (χ2n) is 5.62. The number of aryl methyl sites for hydroxylation is 1. The minimum atomic E-state index is -4.27. The second kappa shape index (κ2) is 8.17. The Balaban J connectivity index is 0.00000264. The maximum atomic E-state index is 13.6. The number of piperazine rings is 1. The van der Waals surface area contributed by atoms with E-state index in [0.717, 1.165) is 6.07 Å². The number of nitrogens with zero attached hydrogens (tertiary/aromatic N) is 1. The summed E-state index contributed by atoms with van der Waals surface area (Å²) in [5, 5.41) is 13.3. The standard InChI is InChI=1S/C15H20F4N2O.ClH/c1-10-8-11(16)9-12(14(10)22)13(2-3-15(17,18)19)21-6-4-20-5-7-21;/h8-9,13,20,22H,2-7H2,1H3;1H/t13-;/m0./s1. The zero-order valence-electron chi connectivity index (χ0n) is 12.8. The third-order valence-corrected chi connectivity index (χ3v) is 3.95. The van der Waals surface area contributed by atoms with Crippen molar-refractivity contribution >= 4 is 12.4 Å². The molecule has 1 aliphatic rings. The second-order valence-corrected chi connectivity index (χ2v) is 5.62. The number of hydrogen-bond acceptors (Lipinski definition) is 3. The van der Waals surface area contributed by atoms with Crippen LogP contribution in [0.4, 0.5) is 17.6 Å². The predicted molar refractivity (Wildman–Crippen MR) is 82.5 cm³/mol. The molecule has 0 spiro atoms. The molecule has 1 fully saturated rings. The molecule has 1 atom stereocenters. The number of halogens is 5. The molecule has 0 radical (unpaired) electrons. The Morgan fingerprint density at radius 1 is 1.26 bits per heavy atom. The number of phenolic OH excluding ortho intramolecular Hbond substituents is 1. The van der Waals surface area contributed by atoms with Gasteiger partial charge in [-0.05, 0) is 31.0 Å². The Kier molecular flexibility index (Phi) is 7.10. The van der Waals surface area contributed by atoms with Gasteiger partial charge in [0.2, 0.25) is 0 Å². The largest absolute Gasteiger partial charge is 0.507 e. The quantitative estimate of drug-likeness (QED) is 0.810. The molecule has 1 aliphatic heterocycles. The zero-order valence-corrected chi connectivity index (χ0v) is 13.6. The van der Waals surface area contributed by atoms with E-state index in [4.69, 9.17) is 0 Å². The van der Waals surface area contributed by atoms with Gasteiger partial charge in [-0.3, -0.25) is 4.90 Å². The van der Waals surface area contributed by atoms with Gasteiger partial charge in [-0.2, -0.15) is 13.2 Å². The van der Waals surface area contributed by atoms with Crippen LogP contribution < -0.4 is 5.32 Å². The van der Waals surface area contributed by atoms with Crippen molar-refractivity contribution in [2.75, 3.05) is 26.2 Å². The van der Waals surface area contributed by atoms with Gasteiger partial charge in [0.05, 0.1) is 0 Å². The Hall–Kier alpha value is -1.05. The van der Waals surface area contributed by atoms with Crippen LogP contribution in [0.3, 0.4) is 0 Å². The predicted octanol–water partition coefficient (Wildman–Crippen LogP) is 3.55. The summed E-state index contributed by atoms with van der Waals surface area (Å²) in [7, 11) is 0. The highest BCUT2D eigenvalue weighted by atomic mass is 35.5. The average molecular weight is 357 g/mol. The lowest BCUT2D eigenvalue weighted by Gasteiger charge is -2.36. The number of rotatable bonds is 4. The highest BCUT2D eigenvalue weighted by Gasteiger charge is 2.32. The summed E-state index contributed by atoms with van der Waals surface area (Å²) in [4.78, 5) is 1.87. The number of phenols is 1. The van der Waals surface area contributed by atoms with E-state index in [9.17, 15) is 22.7 Å². The van der Waals surface area contributed by atoms with Gasteiger partial charge in [0.15, 0.2) is 0 Å². The van der Waals surface area contributed by atoms with E-state index in [1.807, 2.05) is 4.90 Å². The van der Waals surface area contributed by atoms with Crippen LogP contribution in [0.25, 0.3) is 0 Å². The van der Waals surface area contributed by atoms with E-state index >= 15 is 0 Å². The Bertz CT molecular complexity index is 519. The van der Waals surface area contributed by atoms with Gasteiger partial charge in [-0.25, -0.2) is 4.39 Å². The molecule has 8 heteroatoms. The van der Waals surface area contributed by atoms with E-state index in [1.165, 1.54) is 6.07 Å². The summed E-state index contributed by atoms with van der Waals surface area (Å²) < 4.78 is 51.4. The van der Waals surface area contributed by atoms with E-state index in [2.05, 4.69) is 5.32 Å². The third kappa shape index (κ3) is 5.51.